The molecule has 150 valence electrons. The topological polar surface area (TPSA) is 79.6 Å². The van der Waals surface area contributed by atoms with Crippen LogP contribution >= 0.6 is 0 Å². The number of halogens is 3. The lowest BCUT2D eigenvalue weighted by Gasteiger charge is -2.24. The molecule has 0 atom stereocenters. The molecule has 0 spiro atoms. The van der Waals surface area contributed by atoms with Crippen LogP contribution in [0.5, 0.6) is 0 Å². The minimum atomic E-state index is -4.60. The largest absolute Gasteiger partial charge is 0.417 e. The van der Waals surface area contributed by atoms with Crippen LogP contribution in [-0.4, -0.2) is 46.9 Å². The Morgan fingerprint density at radius 3 is 2.24 bits per heavy atom. The second kappa shape index (κ2) is 6.87. The second-order valence-electron chi connectivity index (χ2n) is 6.90. The van der Waals surface area contributed by atoms with Crippen molar-refractivity contribution >= 4 is 17.4 Å². The predicted octanol–water partition coefficient (Wildman–Crippen LogP) is 3.28. The summed E-state index contributed by atoms with van der Waals surface area (Å²) in [5.41, 5.74) is 0.531. The van der Waals surface area contributed by atoms with E-state index in [1.165, 1.54) is 35.4 Å². The lowest BCUT2D eigenvalue weighted by atomic mass is 10.1. The van der Waals surface area contributed by atoms with E-state index < -0.39 is 22.6 Å². The normalized spacial score (nSPS) is 16.4. The number of anilines is 1. The predicted molar refractivity (Wildman–Crippen MR) is 97.5 cm³/mol. The van der Waals surface area contributed by atoms with Crippen molar-refractivity contribution in [2.75, 3.05) is 31.1 Å². The molecule has 0 saturated heterocycles. The van der Waals surface area contributed by atoms with Gasteiger partial charge in [-0.1, -0.05) is 12.1 Å². The summed E-state index contributed by atoms with van der Waals surface area (Å²) in [6.07, 6.45) is -3.41. The van der Waals surface area contributed by atoms with Crippen molar-refractivity contribution in [2.45, 2.75) is 6.18 Å². The number of carbonyl (C=O) groups excluding carboxylic acids is 1. The van der Waals surface area contributed by atoms with Crippen LogP contribution in [0.4, 0.5) is 24.7 Å². The van der Waals surface area contributed by atoms with Crippen LogP contribution in [0, 0.1) is 10.1 Å². The second-order valence-corrected chi connectivity index (χ2v) is 6.90. The van der Waals surface area contributed by atoms with Crippen LogP contribution in [0.15, 0.2) is 53.7 Å². The molecule has 29 heavy (non-hydrogen) atoms. The van der Waals surface area contributed by atoms with Gasteiger partial charge < -0.3 is 9.80 Å². The number of alkyl halides is 3. The zero-order valence-corrected chi connectivity index (χ0v) is 15.0. The highest BCUT2D eigenvalue weighted by Crippen LogP contribution is 2.34. The van der Waals surface area contributed by atoms with Crippen LogP contribution in [-0.2, 0) is 6.18 Å². The van der Waals surface area contributed by atoms with Gasteiger partial charge in [0.25, 0.3) is 11.6 Å². The standard InChI is InChI=1S/C19H15F3N4O3/c20-19(21,22)16-4-2-1-3-15(16)18(27)25-10-12-8-24(9-13(12)11-25)17-6-5-14(7-23-17)26(28)29/h1-7H,8-11H2. The minimum absolute atomic E-state index is 0.103. The quantitative estimate of drug-likeness (QED) is 0.446. The number of aromatic nitrogens is 1. The lowest BCUT2D eigenvalue weighted by molar-refractivity contribution is -0.385. The maximum absolute atomic E-state index is 13.2. The number of rotatable bonds is 3. The van der Waals surface area contributed by atoms with Gasteiger partial charge in [0.05, 0.1) is 16.1 Å². The van der Waals surface area contributed by atoms with E-state index in [0.717, 1.165) is 17.2 Å². The van der Waals surface area contributed by atoms with Crippen LogP contribution in [0.2, 0.25) is 0 Å². The molecule has 0 bridgehead atoms. The molecule has 1 aromatic heterocycles. The molecule has 1 amide bonds. The van der Waals surface area contributed by atoms with Crippen LogP contribution < -0.4 is 4.90 Å². The molecule has 10 heteroatoms. The Morgan fingerprint density at radius 2 is 1.69 bits per heavy atom. The van der Waals surface area contributed by atoms with E-state index in [4.69, 9.17) is 0 Å². The smallest absolute Gasteiger partial charge is 0.348 e. The van der Waals surface area contributed by atoms with Crippen LogP contribution in [0.25, 0.3) is 0 Å². The van der Waals surface area contributed by atoms with E-state index in [1.54, 1.807) is 6.07 Å². The monoisotopic (exact) mass is 404 g/mol. The zero-order chi connectivity index (χ0) is 20.8. The molecule has 0 fully saturated rings. The molecule has 4 rings (SSSR count). The maximum atomic E-state index is 13.2. The fourth-order valence-electron chi connectivity index (χ4n) is 3.65. The molecule has 7 nitrogen and oxygen atoms in total. The lowest BCUT2D eigenvalue weighted by Crippen LogP contribution is -2.35. The summed E-state index contributed by atoms with van der Waals surface area (Å²) >= 11 is 0. The van der Waals surface area contributed by atoms with Crippen molar-refractivity contribution in [3.05, 3.63) is 75.0 Å². The molecule has 0 N–H and O–H groups in total. The first-order valence-electron chi connectivity index (χ1n) is 8.74. The minimum Gasteiger partial charge on any atom is -0.348 e. The van der Waals surface area contributed by atoms with Crippen molar-refractivity contribution in [3.8, 4) is 0 Å². The van der Waals surface area contributed by atoms with E-state index in [-0.39, 0.29) is 24.3 Å². The number of amides is 1. The number of nitrogens with zero attached hydrogens (tertiary/aromatic N) is 4. The first-order valence-corrected chi connectivity index (χ1v) is 8.74. The average molecular weight is 404 g/mol. The third-order valence-electron chi connectivity index (χ3n) is 5.04. The van der Waals surface area contributed by atoms with Crippen LogP contribution in [0.1, 0.15) is 15.9 Å². The van der Waals surface area contributed by atoms with Gasteiger partial charge in [0.2, 0.25) is 0 Å². The molecule has 0 saturated carbocycles. The van der Waals surface area contributed by atoms with Crippen molar-refractivity contribution in [1.29, 1.82) is 0 Å². The number of hydrogen-bond acceptors (Lipinski definition) is 5. The molecule has 2 aliphatic rings. The van der Waals surface area contributed by atoms with E-state index in [9.17, 15) is 28.1 Å². The van der Waals surface area contributed by atoms with Gasteiger partial charge >= 0.3 is 6.18 Å². The Kier molecular flexibility index (Phi) is 4.48. The number of carbonyl (C=O) groups is 1. The molecule has 2 aliphatic heterocycles. The molecule has 2 aromatic rings. The summed E-state index contributed by atoms with van der Waals surface area (Å²) in [5, 5.41) is 10.7. The fraction of sp³-hybridized carbons (Fsp3) is 0.263. The van der Waals surface area contributed by atoms with Crippen LogP contribution in [0.3, 0.4) is 0 Å². The number of hydrogen-bond donors (Lipinski definition) is 0. The number of benzene rings is 1. The van der Waals surface area contributed by atoms with Gasteiger partial charge in [-0.15, -0.1) is 0 Å². The van der Waals surface area contributed by atoms with Gasteiger partial charge in [-0.25, -0.2) is 4.98 Å². The molecular formula is C19H15F3N4O3. The molecule has 0 aliphatic carbocycles. The van der Waals surface area contributed by atoms with Gasteiger partial charge in [0, 0.05) is 32.2 Å². The Hall–Kier alpha value is -3.43. The van der Waals surface area contributed by atoms with Gasteiger partial charge in [-0.3, -0.25) is 14.9 Å². The molecular weight excluding hydrogens is 389 g/mol. The van der Waals surface area contributed by atoms with E-state index in [1.807, 2.05) is 4.90 Å². The highest BCUT2D eigenvalue weighted by Gasteiger charge is 2.38. The maximum Gasteiger partial charge on any atom is 0.417 e. The molecule has 1 aromatic carbocycles. The Labute approximate surface area is 163 Å². The summed E-state index contributed by atoms with van der Waals surface area (Å²) in [5.74, 6) is -0.0716. The number of pyridine rings is 1. The van der Waals surface area contributed by atoms with E-state index in [2.05, 4.69) is 4.98 Å². The van der Waals surface area contributed by atoms with Gasteiger partial charge in [-0.2, -0.15) is 13.2 Å². The van der Waals surface area contributed by atoms with Gasteiger partial charge in [0.15, 0.2) is 0 Å². The highest BCUT2D eigenvalue weighted by atomic mass is 19.4. The average Bonchev–Trinajstić information content (AvgIpc) is 3.26. The zero-order valence-electron chi connectivity index (χ0n) is 15.0. The van der Waals surface area contributed by atoms with Gasteiger partial charge in [0.1, 0.15) is 12.0 Å². The summed E-state index contributed by atoms with van der Waals surface area (Å²) in [4.78, 5) is 30.3. The summed E-state index contributed by atoms with van der Waals surface area (Å²) in [7, 11) is 0. The van der Waals surface area contributed by atoms with Crippen molar-refractivity contribution in [2.24, 2.45) is 0 Å². The van der Waals surface area contributed by atoms with E-state index in [0.29, 0.717) is 18.9 Å². The Morgan fingerprint density at radius 1 is 1.03 bits per heavy atom. The van der Waals surface area contributed by atoms with Crippen molar-refractivity contribution in [3.63, 3.8) is 0 Å². The SMILES string of the molecule is O=C(c1ccccc1C(F)(F)F)N1CC2=C(C1)CN(c1ccc([N+](=O)[O-])cn1)C2. The molecule has 0 unspecified atom stereocenters. The summed E-state index contributed by atoms with van der Waals surface area (Å²) in [6.45, 7) is 1.46. The molecule has 3 heterocycles. The van der Waals surface area contributed by atoms with E-state index >= 15 is 0 Å². The highest BCUT2D eigenvalue weighted by molar-refractivity contribution is 5.96. The number of nitro groups is 1. The first kappa shape index (κ1) is 18.9. The first-order chi connectivity index (χ1) is 13.7. The summed E-state index contributed by atoms with van der Waals surface area (Å²) < 4.78 is 39.6. The van der Waals surface area contributed by atoms with Crippen molar-refractivity contribution in [1.82, 2.24) is 9.88 Å². The third-order valence-corrected chi connectivity index (χ3v) is 5.04. The fourth-order valence-corrected chi connectivity index (χ4v) is 3.65. The Balaban J connectivity index is 1.45. The van der Waals surface area contributed by atoms with Crippen molar-refractivity contribution < 1.29 is 22.9 Å². The third kappa shape index (κ3) is 3.53. The summed E-state index contributed by atoms with van der Waals surface area (Å²) in [6, 6.07) is 7.71. The Bertz CT molecular complexity index is 1000. The van der Waals surface area contributed by atoms with Gasteiger partial charge in [-0.05, 0) is 29.3 Å². The molecule has 0 radical (unpaired) electrons.